The fourth-order valence-corrected chi connectivity index (χ4v) is 3.08. The van der Waals surface area contributed by atoms with Gasteiger partial charge in [-0.05, 0) is 49.3 Å². The molecule has 1 aliphatic rings. The molecular formula is C19H19N3OS. The van der Waals surface area contributed by atoms with Crippen LogP contribution in [-0.4, -0.2) is 11.0 Å². The fraction of sp³-hybridized carbons (Fsp3) is 0.158. The van der Waals surface area contributed by atoms with Gasteiger partial charge >= 0.3 is 0 Å². The molecule has 0 fully saturated rings. The van der Waals surface area contributed by atoms with Crippen molar-refractivity contribution in [3.63, 3.8) is 0 Å². The van der Waals surface area contributed by atoms with Gasteiger partial charge in [0.05, 0.1) is 11.6 Å². The lowest BCUT2D eigenvalue weighted by Crippen LogP contribution is -2.45. The van der Waals surface area contributed by atoms with Crippen LogP contribution in [0.3, 0.4) is 0 Å². The topological polar surface area (TPSA) is 53.2 Å². The Morgan fingerprint density at radius 1 is 1.08 bits per heavy atom. The van der Waals surface area contributed by atoms with Crippen molar-refractivity contribution in [1.29, 1.82) is 0 Å². The van der Waals surface area contributed by atoms with Crippen LogP contribution in [0.1, 0.15) is 24.1 Å². The molecule has 2 aromatic carbocycles. The van der Waals surface area contributed by atoms with E-state index in [0.29, 0.717) is 10.7 Å². The Morgan fingerprint density at radius 3 is 2.54 bits per heavy atom. The summed E-state index contributed by atoms with van der Waals surface area (Å²) >= 11 is 5.26. The SMILES string of the molecule is CC1=C(C(=O)Nc2cccc(C)c2)C(c2ccccc2)NC(=S)N1. The Morgan fingerprint density at radius 2 is 1.83 bits per heavy atom. The molecule has 1 unspecified atom stereocenters. The van der Waals surface area contributed by atoms with Crippen LogP contribution in [0.15, 0.2) is 65.9 Å². The van der Waals surface area contributed by atoms with Crippen LogP contribution in [0, 0.1) is 6.92 Å². The molecule has 0 aliphatic carbocycles. The second-order valence-corrected chi connectivity index (χ2v) is 6.21. The number of hydrogen-bond acceptors (Lipinski definition) is 2. The summed E-state index contributed by atoms with van der Waals surface area (Å²) in [6.45, 7) is 3.86. The van der Waals surface area contributed by atoms with Crippen molar-refractivity contribution in [2.75, 3.05) is 5.32 Å². The molecule has 1 amide bonds. The van der Waals surface area contributed by atoms with E-state index in [4.69, 9.17) is 12.2 Å². The van der Waals surface area contributed by atoms with Gasteiger partial charge in [-0.2, -0.15) is 0 Å². The predicted octanol–water partition coefficient (Wildman–Crippen LogP) is 3.43. The molecule has 5 heteroatoms. The molecule has 0 saturated carbocycles. The Hall–Kier alpha value is -2.66. The predicted molar refractivity (Wildman–Crippen MR) is 101 cm³/mol. The summed E-state index contributed by atoms with van der Waals surface area (Å²) in [5.41, 5.74) is 4.27. The van der Waals surface area contributed by atoms with Crippen molar-refractivity contribution in [2.45, 2.75) is 19.9 Å². The summed E-state index contributed by atoms with van der Waals surface area (Å²) in [7, 11) is 0. The van der Waals surface area contributed by atoms with Crippen molar-refractivity contribution in [3.05, 3.63) is 77.0 Å². The first-order chi connectivity index (χ1) is 11.5. The van der Waals surface area contributed by atoms with Gasteiger partial charge < -0.3 is 16.0 Å². The van der Waals surface area contributed by atoms with E-state index < -0.39 is 0 Å². The summed E-state index contributed by atoms with van der Waals surface area (Å²) in [6.07, 6.45) is 0. The van der Waals surface area contributed by atoms with Gasteiger partial charge in [0.25, 0.3) is 5.91 Å². The lowest BCUT2D eigenvalue weighted by Gasteiger charge is -2.30. The summed E-state index contributed by atoms with van der Waals surface area (Å²) in [5.74, 6) is -0.144. The minimum Gasteiger partial charge on any atom is -0.351 e. The van der Waals surface area contributed by atoms with E-state index in [2.05, 4.69) is 16.0 Å². The van der Waals surface area contributed by atoms with E-state index in [1.54, 1.807) is 0 Å². The molecule has 0 aromatic heterocycles. The maximum Gasteiger partial charge on any atom is 0.255 e. The fourth-order valence-electron chi connectivity index (χ4n) is 2.81. The highest BCUT2D eigenvalue weighted by molar-refractivity contribution is 7.80. The molecule has 1 aliphatic heterocycles. The van der Waals surface area contributed by atoms with Gasteiger partial charge in [-0.3, -0.25) is 4.79 Å². The highest BCUT2D eigenvalue weighted by Gasteiger charge is 2.29. The van der Waals surface area contributed by atoms with E-state index in [9.17, 15) is 4.79 Å². The number of thiocarbonyl (C=S) groups is 1. The minimum atomic E-state index is -0.273. The normalized spacial score (nSPS) is 17.1. The first-order valence-corrected chi connectivity index (χ1v) is 8.16. The summed E-state index contributed by atoms with van der Waals surface area (Å²) in [6, 6.07) is 17.3. The van der Waals surface area contributed by atoms with Crippen LogP contribution in [-0.2, 0) is 4.79 Å². The standard InChI is InChI=1S/C19H19N3OS/c1-12-7-6-10-15(11-12)21-18(23)16-13(2)20-19(24)22-17(16)14-8-4-3-5-9-14/h3-11,17H,1-2H3,(H,21,23)(H2,20,22,24). The quantitative estimate of drug-likeness (QED) is 0.751. The molecule has 0 radical (unpaired) electrons. The molecule has 3 N–H and O–H groups in total. The van der Waals surface area contributed by atoms with Crippen LogP contribution in [0.25, 0.3) is 0 Å². The molecule has 1 heterocycles. The monoisotopic (exact) mass is 337 g/mol. The van der Waals surface area contributed by atoms with Crippen molar-refractivity contribution < 1.29 is 4.79 Å². The van der Waals surface area contributed by atoms with Gasteiger partial charge in [0.2, 0.25) is 0 Å². The number of carbonyl (C=O) groups excluding carboxylic acids is 1. The van der Waals surface area contributed by atoms with E-state index >= 15 is 0 Å². The zero-order chi connectivity index (χ0) is 17.1. The van der Waals surface area contributed by atoms with E-state index in [1.165, 1.54) is 0 Å². The third kappa shape index (κ3) is 3.46. The highest BCUT2D eigenvalue weighted by Crippen LogP contribution is 2.27. The van der Waals surface area contributed by atoms with Crippen LogP contribution >= 0.6 is 12.2 Å². The van der Waals surface area contributed by atoms with Crippen LogP contribution < -0.4 is 16.0 Å². The van der Waals surface area contributed by atoms with Crippen molar-refractivity contribution in [2.24, 2.45) is 0 Å². The van der Waals surface area contributed by atoms with Crippen LogP contribution in [0.4, 0.5) is 5.69 Å². The van der Waals surface area contributed by atoms with Crippen LogP contribution in [0.5, 0.6) is 0 Å². The Bertz CT molecular complexity index is 814. The third-order valence-corrected chi connectivity index (χ3v) is 4.14. The summed E-state index contributed by atoms with van der Waals surface area (Å²) in [4.78, 5) is 12.9. The van der Waals surface area contributed by atoms with Gasteiger partial charge in [-0.1, -0.05) is 42.5 Å². The zero-order valence-electron chi connectivity index (χ0n) is 13.6. The molecule has 3 rings (SSSR count). The number of anilines is 1. The minimum absolute atomic E-state index is 0.144. The summed E-state index contributed by atoms with van der Waals surface area (Å²) in [5, 5.41) is 9.74. The first-order valence-electron chi connectivity index (χ1n) is 7.76. The lowest BCUT2D eigenvalue weighted by atomic mass is 9.95. The number of aryl methyl sites for hydroxylation is 1. The number of nitrogens with one attached hydrogen (secondary N) is 3. The molecule has 122 valence electrons. The second-order valence-electron chi connectivity index (χ2n) is 5.80. The van der Waals surface area contributed by atoms with Gasteiger partial charge in [-0.15, -0.1) is 0 Å². The molecule has 1 atom stereocenters. The number of hydrogen-bond donors (Lipinski definition) is 3. The van der Waals surface area contributed by atoms with Crippen molar-refractivity contribution >= 4 is 28.9 Å². The average molecular weight is 337 g/mol. The highest BCUT2D eigenvalue weighted by atomic mass is 32.1. The smallest absolute Gasteiger partial charge is 0.255 e. The Labute approximate surface area is 147 Å². The Kier molecular flexibility index (Phi) is 4.62. The number of carbonyl (C=O) groups is 1. The first kappa shape index (κ1) is 16.2. The Balaban J connectivity index is 1.94. The second kappa shape index (κ2) is 6.84. The molecule has 2 aromatic rings. The maximum atomic E-state index is 12.9. The molecule has 4 nitrogen and oxygen atoms in total. The maximum absolute atomic E-state index is 12.9. The average Bonchev–Trinajstić information content (AvgIpc) is 2.54. The van der Waals surface area contributed by atoms with E-state index in [1.807, 2.05) is 68.4 Å². The van der Waals surface area contributed by atoms with E-state index in [-0.39, 0.29) is 11.9 Å². The summed E-state index contributed by atoms with van der Waals surface area (Å²) < 4.78 is 0. The van der Waals surface area contributed by atoms with Gasteiger partial charge in [-0.25, -0.2) is 0 Å². The molecule has 0 saturated heterocycles. The molecule has 0 spiro atoms. The number of amides is 1. The van der Waals surface area contributed by atoms with Gasteiger partial charge in [0.1, 0.15) is 0 Å². The van der Waals surface area contributed by atoms with Gasteiger partial charge in [0.15, 0.2) is 5.11 Å². The number of allylic oxidation sites excluding steroid dienone is 1. The van der Waals surface area contributed by atoms with Crippen molar-refractivity contribution in [1.82, 2.24) is 10.6 Å². The van der Waals surface area contributed by atoms with Gasteiger partial charge in [0, 0.05) is 11.4 Å². The molecule has 24 heavy (non-hydrogen) atoms. The zero-order valence-corrected chi connectivity index (χ0v) is 14.4. The largest absolute Gasteiger partial charge is 0.351 e. The number of benzene rings is 2. The third-order valence-electron chi connectivity index (χ3n) is 3.92. The molecular weight excluding hydrogens is 318 g/mol. The molecule has 0 bridgehead atoms. The van der Waals surface area contributed by atoms with Crippen molar-refractivity contribution in [3.8, 4) is 0 Å². The number of rotatable bonds is 3. The lowest BCUT2D eigenvalue weighted by molar-refractivity contribution is -0.113. The van der Waals surface area contributed by atoms with E-state index in [0.717, 1.165) is 22.5 Å². The van der Waals surface area contributed by atoms with Crippen LogP contribution in [0.2, 0.25) is 0 Å².